The number of aromatic nitrogens is 3. The summed E-state index contributed by atoms with van der Waals surface area (Å²) in [5, 5.41) is 20.1. The van der Waals surface area contributed by atoms with Crippen molar-refractivity contribution in [2.75, 3.05) is 6.54 Å². The van der Waals surface area contributed by atoms with E-state index in [1.165, 1.54) is 11.8 Å². The van der Waals surface area contributed by atoms with E-state index in [-0.39, 0.29) is 11.5 Å². The van der Waals surface area contributed by atoms with Crippen LogP contribution in [0.15, 0.2) is 90.1 Å². The number of para-hydroxylation sites is 2. The lowest BCUT2D eigenvalue weighted by atomic mass is 10.1. The van der Waals surface area contributed by atoms with Gasteiger partial charge in [0.25, 0.3) is 0 Å². The van der Waals surface area contributed by atoms with Crippen molar-refractivity contribution in [1.82, 2.24) is 14.8 Å². The molecule has 0 aliphatic rings. The SMILES string of the molecule is Cc1nnc(S[C@@H](C[N+](=O)[O-])c2ccccc2OCc2ccccc2)n1-c1ccccc1. The van der Waals surface area contributed by atoms with Crippen LogP contribution in [0.1, 0.15) is 22.2 Å². The summed E-state index contributed by atoms with van der Waals surface area (Å²) in [7, 11) is 0. The zero-order chi connectivity index (χ0) is 22.3. The summed E-state index contributed by atoms with van der Waals surface area (Å²) >= 11 is 1.32. The zero-order valence-electron chi connectivity index (χ0n) is 17.5. The van der Waals surface area contributed by atoms with Crippen LogP contribution < -0.4 is 4.74 Å². The van der Waals surface area contributed by atoms with Gasteiger partial charge in [0.05, 0.1) is 0 Å². The van der Waals surface area contributed by atoms with E-state index in [1.54, 1.807) is 0 Å². The van der Waals surface area contributed by atoms with Crippen molar-refractivity contribution < 1.29 is 9.66 Å². The molecule has 1 aromatic heterocycles. The largest absolute Gasteiger partial charge is 0.489 e. The summed E-state index contributed by atoms with van der Waals surface area (Å²) in [5.41, 5.74) is 2.69. The number of ether oxygens (including phenoxy) is 1. The maximum atomic E-state index is 11.5. The minimum Gasteiger partial charge on any atom is -0.489 e. The molecule has 0 amide bonds. The molecule has 32 heavy (non-hydrogen) atoms. The quantitative estimate of drug-likeness (QED) is 0.198. The second kappa shape index (κ2) is 10.1. The molecule has 4 aromatic rings. The van der Waals surface area contributed by atoms with E-state index >= 15 is 0 Å². The second-order valence-corrected chi connectivity index (χ2v) is 8.30. The lowest BCUT2D eigenvalue weighted by Gasteiger charge is -2.18. The standard InChI is InChI=1S/C24H22N4O3S/c1-18-25-26-24(28(18)20-12-6-3-7-13-20)32-23(16-27(29)30)21-14-8-9-15-22(21)31-17-19-10-4-2-5-11-19/h2-15,23H,16-17H2,1H3/t23-/m0/s1. The highest BCUT2D eigenvalue weighted by molar-refractivity contribution is 7.99. The molecule has 0 saturated carbocycles. The average molecular weight is 447 g/mol. The Hall–Kier alpha value is -3.65. The monoisotopic (exact) mass is 446 g/mol. The van der Waals surface area contributed by atoms with E-state index in [0.29, 0.717) is 23.3 Å². The molecule has 0 aliphatic carbocycles. The minimum absolute atomic E-state index is 0.267. The number of nitrogens with zero attached hydrogens (tertiary/aromatic N) is 4. The Balaban J connectivity index is 1.64. The van der Waals surface area contributed by atoms with Crippen molar-refractivity contribution in [3.8, 4) is 11.4 Å². The van der Waals surface area contributed by atoms with Gasteiger partial charge in [0, 0.05) is 16.2 Å². The Labute approximate surface area is 190 Å². The Kier molecular flexibility index (Phi) is 6.81. The van der Waals surface area contributed by atoms with Crippen molar-refractivity contribution >= 4 is 11.8 Å². The molecule has 4 rings (SSSR count). The van der Waals surface area contributed by atoms with Crippen LogP contribution in [0.4, 0.5) is 0 Å². The lowest BCUT2D eigenvalue weighted by molar-refractivity contribution is -0.479. The molecule has 0 fully saturated rings. The maximum absolute atomic E-state index is 11.5. The molecule has 1 heterocycles. The first-order chi connectivity index (χ1) is 15.6. The molecule has 0 bridgehead atoms. The van der Waals surface area contributed by atoms with Crippen molar-refractivity contribution in [3.63, 3.8) is 0 Å². The van der Waals surface area contributed by atoms with E-state index in [1.807, 2.05) is 96.4 Å². The number of hydrogen-bond acceptors (Lipinski definition) is 6. The van der Waals surface area contributed by atoms with Gasteiger partial charge in [-0.1, -0.05) is 78.5 Å². The molecule has 1 atom stereocenters. The number of rotatable bonds is 9. The second-order valence-electron chi connectivity index (χ2n) is 7.13. The smallest absolute Gasteiger partial charge is 0.220 e. The molecule has 162 valence electrons. The molecule has 0 saturated heterocycles. The molecule has 0 aliphatic heterocycles. The Morgan fingerprint density at radius 3 is 2.34 bits per heavy atom. The van der Waals surface area contributed by atoms with Crippen LogP contribution in [0, 0.1) is 17.0 Å². The van der Waals surface area contributed by atoms with Gasteiger partial charge in [0.15, 0.2) is 5.16 Å². The molecular formula is C24H22N4O3S. The van der Waals surface area contributed by atoms with Crippen LogP contribution in [-0.4, -0.2) is 26.2 Å². The van der Waals surface area contributed by atoms with Gasteiger partial charge in [-0.05, 0) is 30.7 Å². The molecule has 0 N–H and O–H groups in total. The van der Waals surface area contributed by atoms with Crippen LogP contribution >= 0.6 is 11.8 Å². The Morgan fingerprint density at radius 2 is 1.62 bits per heavy atom. The summed E-state index contributed by atoms with van der Waals surface area (Å²) in [6.45, 7) is 1.98. The van der Waals surface area contributed by atoms with Crippen LogP contribution in [-0.2, 0) is 6.61 Å². The molecular weight excluding hydrogens is 424 g/mol. The number of hydrogen-bond donors (Lipinski definition) is 0. The van der Waals surface area contributed by atoms with Crippen LogP contribution in [0.3, 0.4) is 0 Å². The third-order valence-electron chi connectivity index (χ3n) is 4.88. The third-order valence-corrected chi connectivity index (χ3v) is 6.04. The summed E-state index contributed by atoms with van der Waals surface area (Å²) in [6, 6.07) is 27.0. The van der Waals surface area contributed by atoms with E-state index < -0.39 is 5.25 Å². The van der Waals surface area contributed by atoms with Gasteiger partial charge in [-0.3, -0.25) is 14.7 Å². The first kappa shape index (κ1) is 21.6. The van der Waals surface area contributed by atoms with Crippen molar-refractivity contribution in [2.24, 2.45) is 0 Å². The van der Waals surface area contributed by atoms with Gasteiger partial charge in [0.2, 0.25) is 6.54 Å². The van der Waals surface area contributed by atoms with Crippen LogP contribution in [0.2, 0.25) is 0 Å². The maximum Gasteiger partial charge on any atom is 0.220 e. The van der Waals surface area contributed by atoms with Crippen LogP contribution in [0.5, 0.6) is 5.75 Å². The van der Waals surface area contributed by atoms with Crippen molar-refractivity contribution in [2.45, 2.75) is 23.9 Å². The highest BCUT2D eigenvalue weighted by Crippen LogP contribution is 2.40. The number of benzene rings is 3. The summed E-state index contributed by atoms with van der Waals surface area (Å²) in [4.78, 5) is 11.2. The third kappa shape index (κ3) is 5.15. The predicted molar refractivity (Wildman–Crippen MR) is 124 cm³/mol. The average Bonchev–Trinajstić information content (AvgIpc) is 3.18. The van der Waals surface area contributed by atoms with E-state index in [9.17, 15) is 10.1 Å². The molecule has 0 unspecified atom stereocenters. The normalized spacial score (nSPS) is 11.8. The van der Waals surface area contributed by atoms with Gasteiger partial charge < -0.3 is 4.74 Å². The first-order valence-corrected chi connectivity index (χ1v) is 11.0. The summed E-state index contributed by atoms with van der Waals surface area (Å²) < 4.78 is 7.97. The fourth-order valence-electron chi connectivity index (χ4n) is 3.37. The number of thioether (sulfide) groups is 1. The highest BCUT2D eigenvalue weighted by atomic mass is 32.2. The van der Waals surface area contributed by atoms with E-state index in [4.69, 9.17) is 4.74 Å². The molecule has 0 radical (unpaired) electrons. The van der Waals surface area contributed by atoms with Crippen molar-refractivity contribution in [1.29, 1.82) is 0 Å². The Morgan fingerprint density at radius 1 is 0.969 bits per heavy atom. The van der Waals surface area contributed by atoms with Gasteiger partial charge in [-0.25, -0.2) is 0 Å². The predicted octanol–water partition coefficient (Wildman–Crippen LogP) is 5.26. The van der Waals surface area contributed by atoms with E-state index in [2.05, 4.69) is 10.2 Å². The lowest BCUT2D eigenvalue weighted by Crippen LogP contribution is -2.12. The van der Waals surface area contributed by atoms with Crippen molar-refractivity contribution in [3.05, 3.63) is 112 Å². The summed E-state index contributed by atoms with van der Waals surface area (Å²) in [6.07, 6.45) is 0. The fourth-order valence-corrected chi connectivity index (χ4v) is 4.57. The molecule has 8 heteroatoms. The van der Waals surface area contributed by atoms with Crippen LogP contribution in [0.25, 0.3) is 5.69 Å². The number of aryl methyl sites for hydroxylation is 1. The van der Waals surface area contributed by atoms with Gasteiger partial charge >= 0.3 is 0 Å². The van der Waals surface area contributed by atoms with Gasteiger partial charge in [0.1, 0.15) is 23.4 Å². The number of nitro groups is 1. The van der Waals surface area contributed by atoms with Gasteiger partial charge in [-0.15, -0.1) is 10.2 Å². The first-order valence-electron chi connectivity index (χ1n) is 10.1. The molecule has 7 nitrogen and oxygen atoms in total. The molecule has 0 spiro atoms. The fraction of sp³-hybridized carbons (Fsp3) is 0.167. The van der Waals surface area contributed by atoms with E-state index in [0.717, 1.165) is 16.8 Å². The summed E-state index contributed by atoms with van der Waals surface area (Å²) in [5.74, 6) is 1.34. The zero-order valence-corrected chi connectivity index (χ0v) is 18.3. The topological polar surface area (TPSA) is 83.1 Å². The minimum atomic E-state index is -0.497. The van der Waals surface area contributed by atoms with Gasteiger partial charge in [-0.2, -0.15) is 0 Å². The Bertz CT molecular complexity index is 1180. The molecule has 3 aromatic carbocycles. The highest BCUT2D eigenvalue weighted by Gasteiger charge is 2.26.